The van der Waals surface area contributed by atoms with Gasteiger partial charge in [0.05, 0.1) is 11.4 Å². The summed E-state index contributed by atoms with van der Waals surface area (Å²) in [5.74, 6) is 0.592. The molecule has 1 aliphatic heterocycles. The highest BCUT2D eigenvalue weighted by Gasteiger charge is 2.15. The average molecular weight is 352 g/mol. The van der Waals surface area contributed by atoms with Crippen LogP contribution in [0.25, 0.3) is 0 Å². The predicted octanol–water partition coefficient (Wildman–Crippen LogP) is 4.70. The van der Waals surface area contributed by atoms with Gasteiger partial charge in [0, 0.05) is 13.1 Å². The lowest BCUT2D eigenvalue weighted by atomic mass is 10.1. The molecule has 0 spiro atoms. The summed E-state index contributed by atoms with van der Waals surface area (Å²) in [6, 6.07) is 13.9. The Bertz CT molecular complexity index is 750. The Hall–Kier alpha value is -2.49. The molecular formula is C22H28N2O2. The molecule has 0 radical (unpaired) electrons. The van der Waals surface area contributed by atoms with Crippen LogP contribution in [0.2, 0.25) is 0 Å². The summed E-state index contributed by atoms with van der Waals surface area (Å²) in [5, 5.41) is 3.02. The number of para-hydroxylation sites is 2. The first-order valence-corrected chi connectivity index (χ1v) is 9.47. The Balaban J connectivity index is 1.62. The lowest BCUT2D eigenvalue weighted by Gasteiger charge is -2.25. The van der Waals surface area contributed by atoms with Crippen molar-refractivity contribution in [2.45, 2.75) is 39.5 Å². The van der Waals surface area contributed by atoms with Crippen molar-refractivity contribution in [3.8, 4) is 5.75 Å². The molecule has 1 N–H and O–H groups in total. The van der Waals surface area contributed by atoms with E-state index in [4.69, 9.17) is 4.74 Å². The van der Waals surface area contributed by atoms with Crippen molar-refractivity contribution in [1.29, 1.82) is 0 Å². The molecule has 4 nitrogen and oxygen atoms in total. The topological polar surface area (TPSA) is 41.6 Å². The van der Waals surface area contributed by atoms with Crippen LogP contribution < -0.4 is 15.0 Å². The lowest BCUT2D eigenvalue weighted by Crippen LogP contribution is -2.27. The molecule has 0 aliphatic carbocycles. The highest BCUT2D eigenvalue weighted by molar-refractivity contribution is 5.95. The fourth-order valence-corrected chi connectivity index (χ4v) is 3.31. The van der Waals surface area contributed by atoms with Crippen LogP contribution in [0.4, 0.5) is 11.4 Å². The summed E-state index contributed by atoms with van der Waals surface area (Å²) in [7, 11) is 0. The standard InChI is InChI=1S/C22H28N2O2/c1-17-11-12-19(15-18(17)2)26-16-22(25)23-20-9-5-6-10-21(20)24-13-7-3-4-8-14-24/h5-6,9-12,15H,3-4,7-8,13-14,16H2,1-2H3,(H,23,25). The molecule has 2 aromatic carbocycles. The van der Waals surface area contributed by atoms with Crippen molar-refractivity contribution in [2.75, 3.05) is 29.9 Å². The maximum Gasteiger partial charge on any atom is 0.262 e. The van der Waals surface area contributed by atoms with Crippen LogP contribution in [0.15, 0.2) is 42.5 Å². The molecule has 1 saturated heterocycles. The fraction of sp³-hybridized carbons (Fsp3) is 0.409. The fourth-order valence-electron chi connectivity index (χ4n) is 3.31. The molecule has 1 heterocycles. The normalized spacial score (nSPS) is 14.6. The minimum atomic E-state index is -0.134. The second kappa shape index (κ2) is 8.75. The van der Waals surface area contributed by atoms with Crippen molar-refractivity contribution in [3.63, 3.8) is 0 Å². The van der Waals surface area contributed by atoms with Crippen molar-refractivity contribution in [1.82, 2.24) is 0 Å². The number of hydrogen-bond donors (Lipinski definition) is 1. The Labute approximate surface area is 156 Å². The van der Waals surface area contributed by atoms with Crippen LogP contribution >= 0.6 is 0 Å². The quantitative estimate of drug-likeness (QED) is 0.848. The van der Waals surface area contributed by atoms with Crippen LogP contribution in [0.5, 0.6) is 5.75 Å². The van der Waals surface area contributed by atoms with Gasteiger partial charge in [-0.1, -0.05) is 31.0 Å². The van der Waals surface area contributed by atoms with Gasteiger partial charge in [0.1, 0.15) is 5.75 Å². The zero-order valence-electron chi connectivity index (χ0n) is 15.8. The highest BCUT2D eigenvalue weighted by atomic mass is 16.5. The summed E-state index contributed by atoms with van der Waals surface area (Å²) in [6.07, 6.45) is 4.99. The number of anilines is 2. The molecule has 1 aliphatic rings. The second-order valence-corrected chi connectivity index (χ2v) is 7.00. The molecule has 0 saturated carbocycles. The van der Waals surface area contributed by atoms with Gasteiger partial charge in [-0.3, -0.25) is 4.79 Å². The maximum absolute atomic E-state index is 12.4. The average Bonchev–Trinajstić information content (AvgIpc) is 2.92. The summed E-state index contributed by atoms with van der Waals surface area (Å²) >= 11 is 0. The van der Waals surface area contributed by atoms with Crippen molar-refractivity contribution in [3.05, 3.63) is 53.6 Å². The third kappa shape index (κ3) is 4.78. The number of carbonyl (C=O) groups excluding carboxylic acids is 1. The largest absolute Gasteiger partial charge is 0.484 e. The van der Waals surface area contributed by atoms with Gasteiger partial charge >= 0.3 is 0 Å². The van der Waals surface area contributed by atoms with Crippen molar-refractivity contribution in [2.24, 2.45) is 0 Å². The summed E-state index contributed by atoms with van der Waals surface area (Å²) in [6.45, 7) is 6.21. The van der Waals surface area contributed by atoms with E-state index < -0.39 is 0 Å². The minimum absolute atomic E-state index is 0.0107. The van der Waals surface area contributed by atoms with Crippen LogP contribution in [0.1, 0.15) is 36.8 Å². The van der Waals surface area contributed by atoms with E-state index in [1.807, 2.05) is 43.3 Å². The number of benzene rings is 2. The van der Waals surface area contributed by atoms with Gasteiger partial charge < -0.3 is 15.0 Å². The Kier molecular flexibility index (Phi) is 6.16. The van der Waals surface area contributed by atoms with Crippen molar-refractivity contribution >= 4 is 17.3 Å². The number of hydrogen-bond acceptors (Lipinski definition) is 3. The van der Waals surface area contributed by atoms with Crippen LogP contribution in [0.3, 0.4) is 0 Å². The predicted molar refractivity (Wildman–Crippen MR) is 107 cm³/mol. The molecule has 26 heavy (non-hydrogen) atoms. The van der Waals surface area contributed by atoms with Crippen LogP contribution in [0, 0.1) is 13.8 Å². The zero-order chi connectivity index (χ0) is 18.4. The number of amides is 1. The molecule has 3 rings (SSSR count). The Morgan fingerprint density at radius 3 is 2.46 bits per heavy atom. The molecule has 0 atom stereocenters. The van der Waals surface area contributed by atoms with E-state index in [0.29, 0.717) is 0 Å². The van der Waals surface area contributed by atoms with Gasteiger partial charge in [-0.15, -0.1) is 0 Å². The molecule has 0 unspecified atom stereocenters. The van der Waals surface area contributed by atoms with Gasteiger partial charge in [-0.05, 0) is 62.1 Å². The molecule has 2 aromatic rings. The Morgan fingerprint density at radius 1 is 1.00 bits per heavy atom. The van der Waals surface area contributed by atoms with Gasteiger partial charge in [-0.25, -0.2) is 0 Å². The number of nitrogens with zero attached hydrogens (tertiary/aromatic N) is 1. The van der Waals surface area contributed by atoms with Gasteiger partial charge in [-0.2, -0.15) is 0 Å². The van der Waals surface area contributed by atoms with E-state index in [0.717, 1.165) is 35.8 Å². The third-order valence-electron chi connectivity index (χ3n) is 4.97. The second-order valence-electron chi connectivity index (χ2n) is 7.00. The van der Waals surface area contributed by atoms with E-state index in [9.17, 15) is 4.79 Å². The zero-order valence-corrected chi connectivity index (χ0v) is 15.8. The summed E-state index contributed by atoms with van der Waals surface area (Å²) in [4.78, 5) is 14.8. The summed E-state index contributed by atoms with van der Waals surface area (Å²) in [5.41, 5.74) is 4.35. The van der Waals surface area contributed by atoms with Gasteiger partial charge in [0.2, 0.25) is 0 Å². The first-order valence-electron chi connectivity index (χ1n) is 9.47. The smallest absolute Gasteiger partial charge is 0.262 e. The molecule has 1 amide bonds. The van der Waals surface area contributed by atoms with E-state index in [1.54, 1.807) is 0 Å². The molecule has 138 valence electrons. The lowest BCUT2D eigenvalue weighted by molar-refractivity contribution is -0.118. The van der Waals surface area contributed by atoms with Crippen molar-refractivity contribution < 1.29 is 9.53 Å². The highest BCUT2D eigenvalue weighted by Crippen LogP contribution is 2.28. The third-order valence-corrected chi connectivity index (χ3v) is 4.97. The number of ether oxygens (including phenoxy) is 1. The van der Waals surface area contributed by atoms with E-state index in [2.05, 4.69) is 23.2 Å². The number of carbonyl (C=O) groups is 1. The number of nitrogens with one attached hydrogen (secondary N) is 1. The molecule has 1 fully saturated rings. The number of rotatable bonds is 5. The van der Waals surface area contributed by atoms with Crippen LogP contribution in [-0.2, 0) is 4.79 Å². The molecule has 0 bridgehead atoms. The van der Waals surface area contributed by atoms with Crippen LogP contribution in [-0.4, -0.2) is 25.6 Å². The SMILES string of the molecule is Cc1ccc(OCC(=O)Nc2ccccc2N2CCCCCC2)cc1C. The minimum Gasteiger partial charge on any atom is -0.484 e. The Morgan fingerprint density at radius 2 is 1.73 bits per heavy atom. The first kappa shape index (κ1) is 18.3. The maximum atomic E-state index is 12.4. The van der Waals surface area contributed by atoms with E-state index >= 15 is 0 Å². The molecular weight excluding hydrogens is 324 g/mol. The molecule has 0 aromatic heterocycles. The number of aryl methyl sites for hydroxylation is 2. The summed E-state index contributed by atoms with van der Waals surface area (Å²) < 4.78 is 5.66. The first-order chi connectivity index (χ1) is 12.6. The van der Waals surface area contributed by atoms with Gasteiger partial charge in [0.15, 0.2) is 6.61 Å². The molecule has 4 heteroatoms. The van der Waals surface area contributed by atoms with E-state index in [-0.39, 0.29) is 12.5 Å². The van der Waals surface area contributed by atoms with Gasteiger partial charge in [0.25, 0.3) is 5.91 Å². The van der Waals surface area contributed by atoms with E-state index in [1.165, 1.54) is 31.2 Å². The monoisotopic (exact) mass is 352 g/mol.